The molecule has 0 aliphatic carbocycles. The number of aromatic carboxylic acids is 1. The smallest absolute Gasteiger partial charge is 0.335 e. The largest absolute Gasteiger partial charge is 0.478 e. The molecule has 0 saturated heterocycles. The molecule has 1 aromatic heterocycles. The molecule has 3 aromatic rings. The van der Waals surface area contributed by atoms with Gasteiger partial charge in [-0.2, -0.15) is 10.4 Å². The number of aromatic nitrogens is 2. The van der Waals surface area contributed by atoms with Crippen LogP contribution in [0.5, 0.6) is 5.88 Å². The van der Waals surface area contributed by atoms with Crippen LogP contribution in [0.25, 0.3) is 5.69 Å². The molecule has 1 aliphatic rings. The second kappa shape index (κ2) is 7.00. The fourth-order valence-corrected chi connectivity index (χ4v) is 3.72. The van der Waals surface area contributed by atoms with Gasteiger partial charge in [0.25, 0.3) is 0 Å². The molecule has 0 spiro atoms. The first kappa shape index (κ1) is 18.6. The van der Waals surface area contributed by atoms with Crippen molar-refractivity contribution in [3.05, 3.63) is 87.4 Å². The van der Waals surface area contributed by atoms with Gasteiger partial charge in [-0.15, -0.1) is 0 Å². The summed E-state index contributed by atoms with van der Waals surface area (Å²) in [6, 6.07) is 15.6. The van der Waals surface area contributed by atoms with Gasteiger partial charge in [-0.25, -0.2) is 9.48 Å². The maximum absolute atomic E-state index is 11.3. The Labute approximate surface area is 171 Å². The van der Waals surface area contributed by atoms with Gasteiger partial charge in [0.15, 0.2) is 0 Å². The molecule has 0 saturated carbocycles. The summed E-state index contributed by atoms with van der Waals surface area (Å²) < 4.78 is 7.27. The number of rotatable bonds is 3. The molecule has 4 rings (SSSR count). The fraction of sp³-hybridized carbons (Fsp3) is 0.0952. The molecule has 0 bridgehead atoms. The predicted octanol–water partition coefficient (Wildman–Crippen LogP) is 3.75. The zero-order chi connectivity index (χ0) is 20.7. The molecular formula is C21H15ClN4O3. The third-order valence-electron chi connectivity index (χ3n) is 4.79. The van der Waals surface area contributed by atoms with E-state index in [0.29, 0.717) is 33.4 Å². The minimum absolute atomic E-state index is 0.0412. The van der Waals surface area contributed by atoms with Gasteiger partial charge in [0.05, 0.1) is 28.4 Å². The number of carbonyl (C=O) groups is 1. The summed E-state index contributed by atoms with van der Waals surface area (Å²) in [5.74, 6) is -1.31. The van der Waals surface area contributed by atoms with Crippen LogP contribution in [0.3, 0.4) is 0 Å². The van der Waals surface area contributed by atoms with Crippen LogP contribution in [-0.4, -0.2) is 20.9 Å². The third kappa shape index (κ3) is 3.00. The Balaban J connectivity index is 1.96. The van der Waals surface area contributed by atoms with E-state index in [2.05, 4.69) is 11.2 Å². The van der Waals surface area contributed by atoms with Crippen LogP contribution in [0.4, 0.5) is 0 Å². The highest BCUT2D eigenvalue weighted by atomic mass is 35.5. The maximum atomic E-state index is 11.3. The molecule has 0 radical (unpaired) electrons. The molecule has 0 amide bonds. The summed E-state index contributed by atoms with van der Waals surface area (Å²) >= 11 is 6.42. The number of fused-ring (bicyclic) bond motifs is 1. The van der Waals surface area contributed by atoms with E-state index in [9.17, 15) is 15.2 Å². The Morgan fingerprint density at radius 3 is 2.76 bits per heavy atom. The molecule has 2 aromatic carbocycles. The van der Waals surface area contributed by atoms with Crippen LogP contribution in [-0.2, 0) is 0 Å². The average Bonchev–Trinajstić information content (AvgIpc) is 3.03. The predicted molar refractivity (Wildman–Crippen MR) is 106 cm³/mol. The Morgan fingerprint density at radius 2 is 2.07 bits per heavy atom. The lowest BCUT2D eigenvalue weighted by Crippen LogP contribution is -2.22. The van der Waals surface area contributed by atoms with Crippen LogP contribution in [0.15, 0.2) is 60.0 Å². The minimum atomic E-state index is -1.05. The highest BCUT2D eigenvalue weighted by Gasteiger charge is 2.37. The molecule has 29 heavy (non-hydrogen) atoms. The van der Waals surface area contributed by atoms with E-state index in [4.69, 9.17) is 22.1 Å². The van der Waals surface area contributed by atoms with E-state index in [1.54, 1.807) is 31.2 Å². The molecule has 1 aliphatic heterocycles. The van der Waals surface area contributed by atoms with Crippen molar-refractivity contribution in [3.8, 4) is 17.6 Å². The zero-order valence-corrected chi connectivity index (χ0v) is 16.0. The van der Waals surface area contributed by atoms with E-state index in [-0.39, 0.29) is 17.0 Å². The number of ether oxygens (including phenoxy) is 1. The number of nitriles is 1. The normalized spacial score (nSPS) is 15.4. The van der Waals surface area contributed by atoms with Crippen molar-refractivity contribution in [2.75, 3.05) is 0 Å². The standard InChI is InChI=1S/C21H15ClN4O3/c1-11-17-18(14-7-2-3-8-16(14)22)15(10-23)19(24)29-20(17)26(25-11)13-6-4-5-12(9-13)21(27)28/h2-9,18H,24H2,1H3,(H,27,28). The van der Waals surface area contributed by atoms with Gasteiger partial charge in [0.2, 0.25) is 11.8 Å². The molecule has 2 heterocycles. The summed E-state index contributed by atoms with van der Waals surface area (Å²) in [5, 5.41) is 24.0. The number of benzene rings is 2. The molecular weight excluding hydrogens is 392 g/mol. The van der Waals surface area contributed by atoms with E-state index < -0.39 is 11.9 Å². The number of halogens is 1. The number of aryl methyl sites for hydroxylation is 1. The lowest BCUT2D eigenvalue weighted by Gasteiger charge is -2.25. The highest BCUT2D eigenvalue weighted by Crippen LogP contribution is 2.46. The second-order valence-corrected chi connectivity index (χ2v) is 6.93. The van der Waals surface area contributed by atoms with Gasteiger partial charge in [0, 0.05) is 5.02 Å². The Bertz CT molecular complexity index is 1220. The molecule has 1 unspecified atom stereocenters. The van der Waals surface area contributed by atoms with Crippen LogP contribution in [0.1, 0.15) is 33.1 Å². The lowest BCUT2D eigenvalue weighted by molar-refractivity contribution is 0.0697. The monoisotopic (exact) mass is 406 g/mol. The third-order valence-corrected chi connectivity index (χ3v) is 5.13. The van der Waals surface area contributed by atoms with Crippen molar-refractivity contribution in [1.29, 1.82) is 5.26 Å². The van der Waals surface area contributed by atoms with Crippen molar-refractivity contribution >= 4 is 17.6 Å². The van der Waals surface area contributed by atoms with Gasteiger partial charge < -0.3 is 15.6 Å². The zero-order valence-electron chi connectivity index (χ0n) is 15.3. The van der Waals surface area contributed by atoms with E-state index in [1.807, 2.05) is 12.1 Å². The summed E-state index contributed by atoms with van der Waals surface area (Å²) in [6.07, 6.45) is 0. The van der Waals surface area contributed by atoms with Crippen molar-refractivity contribution in [3.63, 3.8) is 0 Å². The van der Waals surface area contributed by atoms with Crippen molar-refractivity contribution in [2.45, 2.75) is 12.8 Å². The first-order chi connectivity index (χ1) is 13.9. The molecule has 0 fully saturated rings. The van der Waals surface area contributed by atoms with Crippen LogP contribution >= 0.6 is 11.6 Å². The van der Waals surface area contributed by atoms with Crippen LogP contribution in [0, 0.1) is 18.3 Å². The van der Waals surface area contributed by atoms with Gasteiger partial charge in [-0.3, -0.25) is 0 Å². The summed E-state index contributed by atoms with van der Waals surface area (Å²) in [7, 11) is 0. The Kier molecular flexibility index (Phi) is 4.49. The van der Waals surface area contributed by atoms with Crippen molar-refractivity contribution in [2.24, 2.45) is 5.73 Å². The number of nitrogens with two attached hydrogens (primary N) is 1. The van der Waals surface area contributed by atoms with Crippen molar-refractivity contribution in [1.82, 2.24) is 9.78 Å². The minimum Gasteiger partial charge on any atom is -0.478 e. The first-order valence-electron chi connectivity index (χ1n) is 8.67. The number of carboxylic acid groups (broad SMARTS) is 1. The first-order valence-corrected chi connectivity index (χ1v) is 9.05. The lowest BCUT2D eigenvalue weighted by atomic mass is 9.84. The van der Waals surface area contributed by atoms with E-state index >= 15 is 0 Å². The summed E-state index contributed by atoms with van der Waals surface area (Å²) in [4.78, 5) is 11.3. The fourth-order valence-electron chi connectivity index (χ4n) is 3.48. The maximum Gasteiger partial charge on any atom is 0.335 e. The molecule has 1 atom stereocenters. The summed E-state index contributed by atoms with van der Waals surface area (Å²) in [6.45, 7) is 1.79. The van der Waals surface area contributed by atoms with Crippen molar-refractivity contribution < 1.29 is 14.6 Å². The Morgan fingerprint density at radius 1 is 1.31 bits per heavy atom. The highest BCUT2D eigenvalue weighted by molar-refractivity contribution is 6.31. The molecule has 144 valence electrons. The summed E-state index contributed by atoms with van der Waals surface area (Å²) in [5.41, 5.74) is 8.91. The van der Waals surface area contributed by atoms with Gasteiger partial charge in [-0.1, -0.05) is 35.9 Å². The van der Waals surface area contributed by atoms with Gasteiger partial charge >= 0.3 is 5.97 Å². The van der Waals surface area contributed by atoms with Gasteiger partial charge in [-0.05, 0) is 36.8 Å². The number of nitrogens with zero attached hydrogens (tertiary/aromatic N) is 3. The van der Waals surface area contributed by atoms with E-state index in [0.717, 1.165) is 0 Å². The Hall–Kier alpha value is -3.76. The second-order valence-electron chi connectivity index (χ2n) is 6.52. The van der Waals surface area contributed by atoms with E-state index in [1.165, 1.54) is 16.8 Å². The topological polar surface area (TPSA) is 114 Å². The molecule has 7 nitrogen and oxygen atoms in total. The van der Waals surface area contributed by atoms with Crippen LogP contribution < -0.4 is 10.5 Å². The SMILES string of the molecule is Cc1nn(-c2cccc(C(=O)O)c2)c2c1C(c1ccccc1Cl)C(C#N)=C(N)O2. The van der Waals surface area contributed by atoms with Crippen LogP contribution in [0.2, 0.25) is 5.02 Å². The molecule has 8 heteroatoms. The van der Waals surface area contributed by atoms with Gasteiger partial charge in [0.1, 0.15) is 11.6 Å². The number of carboxylic acids is 1. The quantitative estimate of drug-likeness (QED) is 0.684. The number of hydrogen-bond acceptors (Lipinski definition) is 5. The number of hydrogen-bond donors (Lipinski definition) is 2. The average molecular weight is 407 g/mol. The molecule has 3 N–H and O–H groups in total. The number of allylic oxidation sites excluding steroid dienone is 1.